The third-order valence-corrected chi connectivity index (χ3v) is 8.49. The summed E-state index contributed by atoms with van der Waals surface area (Å²) < 4.78 is 12.0. The molecule has 3 unspecified atom stereocenters. The zero-order valence-corrected chi connectivity index (χ0v) is 22.7. The van der Waals surface area contributed by atoms with Crippen molar-refractivity contribution >= 4 is 33.7 Å². The number of alkyl halides is 1. The Hall–Kier alpha value is -2.49. The van der Waals surface area contributed by atoms with Gasteiger partial charge >= 0.3 is 5.97 Å². The summed E-state index contributed by atoms with van der Waals surface area (Å²) in [4.78, 5) is 44.3. The Labute approximate surface area is 226 Å². The van der Waals surface area contributed by atoms with Crippen LogP contribution in [0.2, 0.25) is 0 Å². The lowest BCUT2D eigenvalue weighted by molar-refractivity contribution is -0.156. The lowest BCUT2D eigenvalue weighted by Crippen LogP contribution is -2.58. The van der Waals surface area contributed by atoms with E-state index in [2.05, 4.69) is 29.1 Å². The van der Waals surface area contributed by atoms with E-state index >= 15 is 0 Å². The van der Waals surface area contributed by atoms with Gasteiger partial charge in [-0.1, -0.05) is 58.4 Å². The Morgan fingerprint density at radius 1 is 1.32 bits per heavy atom. The number of carbonyl (C=O) groups is 3. The van der Waals surface area contributed by atoms with Crippen LogP contribution in [0.5, 0.6) is 0 Å². The van der Waals surface area contributed by atoms with Crippen LogP contribution in [0.3, 0.4) is 0 Å². The van der Waals surface area contributed by atoms with E-state index in [-0.39, 0.29) is 36.4 Å². The number of likely N-dealkylation sites (tertiary alicyclic amines) is 1. The van der Waals surface area contributed by atoms with E-state index in [0.29, 0.717) is 25.8 Å². The van der Waals surface area contributed by atoms with Gasteiger partial charge in [-0.25, -0.2) is 0 Å². The molecule has 200 valence electrons. The summed E-state index contributed by atoms with van der Waals surface area (Å²) in [5.41, 5.74) is -0.258. The third-order valence-electron chi connectivity index (χ3n) is 7.65. The lowest BCUT2D eigenvalue weighted by Gasteiger charge is -2.38. The van der Waals surface area contributed by atoms with E-state index in [0.717, 1.165) is 5.56 Å². The number of fused-ring (bicyclic) bond motifs is 1. The zero-order chi connectivity index (χ0) is 26.7. The van der Waals surface area contributed by atoms with E-state index in [1.807, 2.05) is 30.3 Å². The average molecular weight is 576 g/mol. The molecule has 9 heteroatoms. The van der Waals surface area contributed by atoms with Gasteiger partial charge in [-0.2, -0.15) is 0 Å². The molecule has 1 N–H and O–H groups in total. The summed E-state index contributed by atoms with van der Waals surface area (Å²) in [7, 11) is 0. The first kappa shape index (κ1) is 27.5. The molecular weight excluding hydrogens is 540 g/mol. The zero-order valence-electron chi connectivity index (χ0n) is 21.1. The number of esters is 1. The maximum Gasteiger partial charge on any atom is 0.312 e. The monoisotopic (exact) mass is 574 g/mol. The summed E-state index contributed by atoms with van der Waals surface area (Å²) in [6, 6.07) is 7.96. The molecule has 1 aromatic rings. The number of hydrogen-bond donors (Lipinski definition) is 1. The van der Waals surface area contributed by atoms with E-state index < -0.39 is 41.6 Å². The third kappa shape index (κ3) is 4.89. The molecule has 0 radical (unpaired) electrons. The first-order chi connectivity index (χ1) is 17.8. The Bertz CT molecular complexity index is 1030. The molecule has 1 aromatic carbocycles. The van der Waals surface area contributed by atoms with Crippen LogP contribution in [0.25, 0.3) is 0 Å². The van der Waals surface area contributed by atoms with Crippen molar-refractivity contribution in [1.82, 2.24) is 9.80 Å². The number of halogens is 1. The number of aliphatic hydroxyl groups is 1. The largest absolute Gasteiger partial charge is 0.465 e. The summed E-state index contributed by atoms with van der Waals surface area (Å²) >= 11 is 3.65. The molecule has 2 amide bonds. The molecule has 3 saturated heterocycles. The standard InChI is InChI=1S/C28H35BrN2O6/c1-4-6-10-14-36-27(35)21-22-25(33)31(18(3)17-32)24(28(22)15-20(29)23(21)37-28)26(34)30(13-5-2)16-19-11-8-7-9-12-19/h4-5,7-9,11-12,18,20-24,32H,1-2,6,10,13-17H2,3H3/t18-,20?,21+,22+,23+,24?,28?/m1/s1. The van der Waals surface area contributed by atoms with Gasteiger partial charge in [-0.3, -0.25) is 14.4 Å². The molecular formula is C28H35BrN2O6. The smallest absolute Gasteiger partial charge is 0.312 e. The van der Waals surface area contributed by atoms with Crippen molar-refractivity contribution in [1.29, 1.82) is 0 Å². The van der Waals surface area contributed by atoms with Crippen LogP contribution in [0.4, 0.5) is 0 Å². The van der Waals surface area contributed by atoms with Crippen LogP contribution in [0.15, 0.2) is 55.6 Å². The number of amides is 2. The van der Waals surface area contributed by atoms with Crippen LogP contribution in [0.1, 0.15) is 31.7 Å². The van der Waals surface area contributed by atoms with E-state index in [1.54, 1.807) is 24.0 Å². The highest BCUT2D eigenvalue weighted by Gasteiger charge is 2.77. The predicted molar refractivity (Wildman–Crippen MR) is 142 cm³/mol. The maximum atomic E-state index is 14.3. The van der Waals surface area contributed by atoms with Gasteiger partial charge < -0.3 is 24.4 Å². The van der Waals surface area contributed by atoms with Crippen LogP contribution < -0.4 is 0 Å². The second-order valence-electron chi connectivity index (χ2n) is 10.0. The molecule has 3 fully saturated rings. The molecule has 3 aliphatic rings. The summed E-state index contributed by atoms with van der Waals surface area (Å²) in [5, 5.41) is 10.0. The molecule has 2 bridgehead atoms. The molecule has 3 heterocycles. The number of ether oxygens (including phenoxy) is 2. The number of hydrogen-bond acceptors (Lipinski definition) is 6. The minimum Gasteiger partial charge on any atom is -0.465 e. The number of allylic oxidation sites excluding steroid dienone is 1. The molecule has 7 atom stereocenters. The Kier molecular flexibility index (Phi) is 8.56. The highest BCUT2D eigenvalue weighted by molar-refractivity contribution is 9.09. The summed E-state index contributed by atoms with van der Waals surface area (Å²) in [6.07, 6.45) is 4.57. The first-order valence-corrected chi connectivity index (χ1v) is 13.7. The fourth-order valence-electron chi connectivity index (χ4n) is 6.04. The van der Waals surface area contributed by atoms with Gasteiger partial charge in [-0.05, 0) is 31.7 Å². The Balaban J connectivity index is 1.69. The highest BCUT2D eigenvalue weighted by atomic mass is 79.9. The minimum absolute atomic E-state index is 0.219. The number of aliphatic hydroxyl groups excluding tert-OH is 1. The predicted octanol–water partition coefficient (Wildman–Crippen LogP) is 2.84. The number of carbonyl (C=O) groups excluding carboxylic acids is 3. The van der Waals surface area contributed by atoms with Crippen molar-refractivity contribution in [2.45, 2.75) is 61.3 Å². The minimum atomic E-state index is -1.20. The van der Waals surface area contributed by atoms with Gasteiger partial charge in [0.2, 0.25) is 11.8 Å². The Morgan fingerprint density at radius 2 is 2.05 bits per heavy atom. The Morgan fingerprint density at radius 3 is 2.70 bits per heavy atom. The molecule has 1 spiro atoms. The fourth-order valence-corrected chi connectivity index (χ4v) is 6.98. The van der Waals surface area contributed by atoms with Gasteiger partial charge in [-0.15, -0.1) is 13.2 Å². The van der Waals surface area contributed by atoms with Gasteiger partial charge in [0.15, 0.2) is 0 Å². The average Bonchev–Trinajstić information content (AvgIpc) is 3.49. The topological polar surface area (TPSA) is 96.4 Å². The SMILES string of the molecule is C=CCCCOC(=O)[C@H]1[C@H]2C(=O)N([C@H](C)CO)C(C(=O)N(CC=C)Cc3ccccc3)C23CC(Br)[C@@H]1O3. The van der Waals surface area contributed by atoms with Gasteiger partial charge in [0.25, 0.3) is 0 Å². The summed E-state index contributed by atoms with van der Waals surface area (Å²) in [6.45, 7) is 9.70. The van der Waals surface area contributed by atoms with E-state index in [9.17, 15) is 19.5 Å². The lowest BCUT2D eigenvalue weighted by atomic mass is 9.70. The van der Waals surface area contributed by atoms with Crippen LogP contribution in [-0.4, -0.2) is 81.1 Å². The van der Waals surface area contributed by atoms with Crippen LogP contribution in [-0.2, 0) is 30.4 Å². The molecule has 3 aliphatic heterocycles. The number of rotatable bonds is 12. The van der Waals surface area contributed by atoms with Gasteiger partial charge in [0.1, 0.15) is 11.6 Å². The number of unbranched alkanes of at least 4 members (excludes halogenated alkanes) is 1. The van der Waals surface area contributed by atoms with Crippen molar-refractivity contribution in [2.24, 2.45) is 11.8 Å². The molecule has 0 aromatic heterocycles. The first-order valence-electron chi connectivity index (χ1n) is 12.8. The molecule has 8 nitrogen and oxygen atoms in total. The molecule has 37 heavy (non-hydrogen) atoms. The van der Waals surface area contributed by atoms with Crippen LogP contribution >= 0.6 is 15.9 Å². The van der Waals surface area contributed by atoms with Crippen molar-refractivity contribution < 1.29 is 29.0 Å². The fraction of sp³-hybridized carbons (Fsp3) is 0.536. The number of nitrogens with zero attached hydrogens (tertiary/aromatic N) is 2. The van der Waals surface area contributed by atoms with Gasteiger partial charge in [0.05, 0.1) is 37.2 Å². The van der Waals surface area contributed by atoms with Crippen molar-refractivity contribution in [3.8, 4) is 0 Å². The molecule has 0 aliphatic carbocycles. The summed E-state index contributed by atoms with van der Waals surface area (Å²) in [5.74, 6) is -2.82. The molecule has 0 saturated carbocycles. The van der Waals surface area contributed by atoms with Crippen molar-refractivity contribution in [3.05, 3.63) is 61.2 Å². The second kappa shape index (κ2) is 11.5. The van der Waals surface area contributed by atoms with E-state index in [1.165, 1.54) is 4.90 Å². The normalized spacial score (nSPS) is 30.6. The van der Waals surface area contributed by atoms with Gasteiger partial charge in [0, 0.05) is 17.9 Å². The van der Waals surface area contributed by atoms with Crippen molar-refractivity contribution in [3.63, 3.8) is 0 Å². The van der Waals surface area contributed by atoms with Crippen LogP contribution in [0, 0.1) is 11.8 Å². The maximum absolute atomic E-state index is 14.3. The quantitative estimate of drug-likeness (QED) is 0.178. The molecule has 4 rings (SSSR count). The van der Waals surface area contributed by atoms with E-state index in [4.69, 9.17) is 9.47 Å². The highest BCUT2D eigenvalue weighted by Crippen LogP contribution is 2.60. The van der Waals surface area contributed by atoms with Crippen molar-refractivity contribution in [2.75, 3.05) is 19.8 Å². The number of benzene rings is 1. The second-order valence-corrected chi connectivity index (χ2v) is 11.2.